The second-order valence-electron chi connectivity index (χ2n) is 8.34. The van der Waals surface area contributed by atoms with Crippen LogP contribution in [-0.4, -0.2) is 47.9 Å². The number of nitrogens with one attached hydrogen (secondary N) is 1. The number of oxazole rings is 1. The Kier molecular flexibility index (Phi) is 5.99. The fourth-order valence-corrected chi connectivity index (χ4v) is 3.91. The van der Waals surface area contributed by atoms with Gasteiger partial charge in [-0.1, -0.05) is 0 Å². The molecular formula is C25H28N4O3. The van der Waals surface area contributed by atoms with Gasteiger partial charge < -0.3 is 19.5 Å². The van der Waals surface area contributed by atoms with E-state index in [2.05, 4.69) is 15.2 Å². The summed E-state index contributed by atoms with van der Waals surface area (Å²) in [7, 11) is 1.85. The van der Waals surface area contributed by atoms with E-state index in [4.69, 9.17) is 4.42 Å². The third kappa shape index (κ3) is 4.66. The lowest BCUT2D eigenvalue weighted by molar-refractivity contribution is -0.129. The van der Waals surface area contributed by atoms with Crippen molar-refractivity contribution in [1.29, 1.82) is 0 Å². The van der Waals surface area contributed by atoms with Crippen molar-refractivity contribution < 1.29 is 14.0 Å². The fraction of sp³-hybridized carbons (Fsp3) is 0.320. The van der Waals surface area contributed by atoms with Gasteiger partial charge in [-0.15, -0.1) is 0 Å². The summed E-state index contributed by atoms with van der Waals surface area (Å²) in [5, 5.41) is 2.86. The van der Waals surface area contributed by atoms with Gasteiger partial charge in [0.05, 0.1) is 6.04 Å². The number of fused-ring (bicyclic) bond motifs is 1. The lowest BCUT2D eigenvalue weighted by Crippen LogP contribution is -2.37. The summed E-state index contributed by atoms with van der Waals surface area (Å²) in [5.74, 6) is 0.234. The van der Waals surface area contributed by atoms with E-state index in [1.165, 1.54) is 6.08 Å². The molecule has 1 unspecified atom stereocenters. The molecule has 3 aromatic rings. The average Bonchev–Trinajstić information content (AvgIpc) is 3.40. The molecule has 2 amide bonds. The highest BCUT2D eigenvalue weighted by Gasteiger charge is 2.27. The van der Waals surface area contributed by atoms with Crippen LogP contribution in [0.25, 0.3) is 17.2 Å². The lowest BCUT2D eigenvalue weighted by atomic mass is 10.1. The van der Waals surface area contributed by atoms with Gasteiger partial charge in [-0.2, -0.15) is 0 Å². The summed E-state index contributed by atoms with van der Waals surface area (Å²) in [6.45, 7) is 7.37. The third-order valence-electron chi connectivity index (χ3n) is 6.11. The van der Waals surface area contributed by atoms with Gasteiger partial charge in [-0.25, -0.2) is 4.98 Å². The van der Waals surface area contributed by atoms with Crippen LogP contribution in [0.4, 0.5) is 11.4 Å². The monoisotopic (exact) mass is 432 g/mol. The number of hydrogen-bond donors (Lipinski definition) is 1. The van der Waals surface area contributed by atoms with Crippen molar-refractivity contribution in [2.45, 2.75) is 33.2 Å². The van der Waals surface area contributed by atoms with Crippen LogP contribution in [-0.2, 0) is 9.59 Å². The first-order chi connectivity index (χ1) is 15.3. The van der Waals surface area contributed by atoms with Crippen molar-refractivity contribution in [2.24, 2.45) is 0 Å². The van der Waals surface area contributed by atoms with Crippen molar-refractivity contribution in [1.82, 2.24) is 9.88 Å². The molecule has 1 aromatic heterocycles. The van der Waals surface area contributed by atoms with E-state index in [1.54, 1.807) is 17.9 Å². The number of anilines is 2. The van der Waals surface area contributed by atoms with Crippen LogP contribution in [0.3, 0.4) is 0 Å². The zero-order valence-electron chi connectivity index (χ0n) is 18.9. The van der Waals surface area contributed by atoms with Gasteiger partial charge >= 0.3 is 0 Å². The Morgan fingerprint density at radius 2 is 1.91 bits per heavy atom. The van der Waals surface area contributed by atoms with Crippen molar-refractivity contribution in [3.8, 4) is 0 Å². The van der Waals surface area contributed by atoms with E-state index in [0.717, 1.165) is 41.8 Å². The smallest absolute Gasteiger partial charge is 0.248 e. The standard InChI is InChI=1S/C25H28N4O3/c1-16-13-22-23(14-17(16)2)32-25(27-22)10-9-24(31)26-19-5-7-20(8-6-19)29-12-11-21(15-29)28(4)18(3)30/h5-10,13-14,21H,11-12,15H2,1-4H3,(H,26,31). The number of aromatic nitrogens is 1. The Hall–Kier alpha value is -3.61. The number of aryl methyl sites for hydroxylation is 2. The minimum absolute atomic E-state index is 0.0889. The Labute approximate surface area is 187 Å². The minimum atomic E-state index is -0.253. The second kappa shape index (κ2) is 8.86. The van der Waals surface area contributed by atoms with Crippen LogP contribution >= 0.6 is 0 Å². The first kappa shape index (κ1) is 21.6. The lowest BCUT2D eigenvalue weighted by Gasteiger charge is -2.24. The highest BCUT2D eigenvalue weighted by atomic mass is 16.3. The number of hydrogen-bond acceptors (Lipinski definition) is 5. The van der Waals surface area contributed by atoms with Gasteiger partial charge in [0.2, 0.25) is 17.7 Å². The molecule has 0 aliphatic carbocycles. The van der Waals surface area contributed by atoms with Gasteiger partial charge in [0, 0.05) is 50.6 Å². The highest BCUT2D eigenvalue weighted by molar-refractivity contribution is 6.01. The molecule has 1 aliphatic rings. The summed E-state index contributed by atoms with van der Waals surface area (Å²) in [4.78, 5) is 32.4. The zero-order valence-corrected chi connectivity index (χ0v) is 18.9. The Balaban J connectivity index is 1.35. The maximum absolute atomic E-state index is 12.3. The number of amides is 2. The maximum atomic E-state index is 12.3. The molecule has 32 heavy (non-hydrogen) atoms. The van der Waals surface area contributed by atoms with Gasteiger partial charge in [0.15, 0.2) is 5.58 Å². The summed E-state index contributed by atoms with van der Waals surface area (Å²) in [6, 6.07) is 11.9. The normalized spacial score (nSPS) is 16.1. The SMILES string of the molecule is CC(=O)N(C)C1CCN(c2ccc(NC(=O)C=Cc3nc4cc(C)c(C)cc4o3)cc2)C1. The molecule has 1 atom stereocenters. The quantitative estimate of drug-likeness (QED) is 0.613. The molecule has 0 saturated carbocycles. The molecule has 0 spiro atoms. The number of rotatable bonds is 5. The van der Waals surface area contributed by atoms with Crippen LogP contribution in [0, 0.1) is 13.8 Å². The number of benzene rings is 2. The largest absolute Gasteiger partial charge is 0.437 e. The van der Waals surface area contributed by atoms with E-state index in [1.807, 2.05) is 57.3 Å². The first-order valence-electron chi connectivity index (χ1n) is 10.8. The molecular weight excluding hydrogens is 404 g/mol. The molecule has 1 fully saturated rings. The average molecular weight is 433 g/mol. The topological polar surface area (TPSA) is 78.7 Å². The predicted molar refractivity (Wildman–Crippen MR) is 127 cm³/mol. The van der Waals surface area contributed by atoms with Gasteiger partial charge in [0.1, 0.15) is 5.52 Å². The number of nitrogens with zero attached hydrogens (tertiary/aromatic N) is 3. The van der Waals surface area contributed by atoms with E-state index >= 15 is 0 Å². The van der Waals surface area contributed by atoms with Crippen LogP contribution in [0.5, 0.6) is 0 Å². The van der Waals surface area contributed by atoms with Crippen molar-refractivity contribution in [2.75, 3.05) is 30.4 Å². The molecule has 1 N–H and O–H groups in total. The second-order valence-corrected chi connectivity index (χ2v) is 8.34. The third-order valence-corrected chi connectivity index (χ3v) is 6.11. The molecule has 1 saturated heterocycles. The molecule has 2 aromatic carbocycles. The van der Waals surface area contributed by atoms with E-state index in [0.29, 0.717) is 17.2 Å². The number of likely N-dealkylation sites (N-methyl/N-ethyl adjacent to an activating group) is 1. The molecule has 7 nitrogen and oxygen atoms in total. The maximum Gasteiger partial charge on any atom is 0.248 e. The zero-order chi connectivity index (χ0) is 22.8. The Morgan fingerprint density at radius 3 is 2.62 bits per heavy atom. The molecule has 2 heterocycles. The van der Waals surface area contributed by atoms with Gasteiger partial charge in [0.25, 0.3) is 0 Å². The molecule has 0 bridgehead atoms. The van der Waals surface area contributed by atoms with Crippen LogP contribution < -0.4 is 10.2 Å². The molecule has 1 aliphatic heterocycles. The minimum Gasteiger partial charge on any atom is -0.437 e. The van der Waals surface area contributed by atoms with E-state index in [9.17, 15) is 9.59 Å². The van der Waals surface area contributed by atoms with E-state index in [-0.39, 0.29) is 17.9 Å². The summed E-state index contributed by atoms with van der Waals surface area (Å²) in [5.41, 5.74) is 5.57. The summed E-state index contributed by atoms with van der Waals surface area (Å²) in [6.07, 6.45) is 3.94. The van der Waals surface area contributed by atoms with Crippen LogP contribution in [0.1, 0.15) is 30.4 Å². The van der Waals surface area contributed by atoms with Crippen molar-refractivity contribution in [3.05, 3.63) is 59.5 Å². The highest BCUT2D eigenvalue weighted by Crippen LogP contribution is 2.24. The molecule has 0 radical (unpaired) electrons. The van der Waals surface area contributed by atoms with Crippen LogP contribution in [0.2, 0.25) is 0 Å². The van der Waals surface area contributed by atoms with Crippen LogP contribution in [0.15, 0.2) is 46.9 Å². The fourth-order valence-electron chi connectivity index (χ4n) is 3.91. The Morgan fingerprint density at radius 1 is 1.19 bits per heavy atom. The van der Waals surface area contributed by atoms with E-state index < -0.39 is 0 Å². The molecule has 7 heteroatoms. The number of carbonyl (C=O) groups is 2. The van der Waals surface area contributed by atoms with Crippen molar-refractivity contribution >= 4 is 40.4 Å². The number of carbonyl (C=O) groups excluding carboxylic acids is 2. The first-order valence-corrected chi connectivity index (χ1v) is 10.8. The summed E-state index contributed by atoms with van der Waals surface area (Å²) < 4.78 is 5.71. The predicted octanol–water partition coefficient (Wildman–Crippen LogP) is 4.15. The van der Waals surface area contributed by atoms with Gasteiger partial charge in [-0.3, -0.25) is 9.59 Å². The Bertz CT molecular complexity index is 1140. The van der Waals surface area contributed by atoms with Crippen molar-refractivity contribution in [3.63, 3.8) is 0 Å². The van der Waals surface area contributed by atoms with Gasteiger partial charge in [-0.05, 0) is 67.8 Å². The summed E-state index contributed by atoms with van der Waals surface area (Å²) >= 11 is 0. The molecule has 166 valence electrons. The molecule has 4 rings (SSSR count).